The molecule has 0 amide bonds. The van der Waals surface area contributed by atoms with Crippen molar-refractivity contribution in [3.05, 3.63) is 139 Å². The summed E-state index contributed by atoms with van der Waals surface area (Å²) in [6.45, 7) is 5.97. The molecule has 9 rings (SSSR count). The van der Waals surface area contributed by atoms with Gasteiger partial charge in [0.1, 0.15) is 0 Å². The Kier molecular flexibility index (Phi) is 5.74. The molecule has 3 heterocycles. The van der Waals surface area contributed by atoms with Crippen LogP contribution in [0.15, 0.2) is 137 Å². The number of hydrogen-bond donors (Lipinski definition) is 0. The number of fused-ring (bicyclic) bond motifs is 9. The van der Waals surface area contributed by atoms with E-state index >= 15 is 0 Å². The third-order valence-electron chi connectivity index (χ3n) is 8.99. The lowest BCUT2D eigenvalue weighted by Crippen LogP contribution is -1.91. The van der Waals surface area contributed by atoms with E-state index in [2.05, 4.69) is 144 Å². The molecule has 6 aromatic carbocycles. The van der Waals surface area contributed by atoms with Gasteiger partial charge in [-0.2, -0.15) is 0 Å². The highest BCUT2D eigenvalue weighted by Gasteiger charge is 2.20. The van der Waals surface area contributed by atoms with Crippen molar-refractivity contribution in [2.45, 2.75) is 6.92 Å². The number of benzene rings is 6. The second-order valence-corrected chi connectivity index (χ2v) is 12.4. The first kappa shape index (κ1) is 25.9. The van der Waals surface area contributed by atoms with Crippen molar-refractivity contribution in [2.24, 2.45) is 9.98 Å². The first-order valence-electron chi connectivity index (χ1n) is 15.1. The number of aliphatic imine (C=N–C) groups is 2. The van der Waals surface area contributed by atoms with Crippen LogP contribution in [0.25, 0.3) is 80.4 Å². The van der Waals surface area contributed by atoms with Gasteiger partial charge >= 0.3 is 0 Å². The Labute approximate surface area is 263 Å². The molecule has 0 N–H and O–H groups in total. The van der Waals surface area contributed by atoms with Crippen LogP contribution in [0.5, 0.6) is 0 Å². The molecule has 3 aromatic heterocycles. The van der Waals surface area contributed by atoms with Crippen LogP contribution in [0.3, 0.4) is 0 Å². The minimum Gasteiger partial charge on any atom is -0.307 e. The van der Waals surface area contributed by atoms with Crippen molar-refractivity contribution >= 4 is 105 Å². The van der Waals surface area contributed by atoms with Gasteiger partial charge in [-0.1, -0.05) is 97.1 Å². The number of rotatable bonds is 4. The third-order valence-corrected chi connectivity index (χ3v) is 10.2. The minimum absolute atomic E-state index is 0.769. The number of nitrogens with zero attached hydrogens (tertiary/aromatic N) is 3. The SMILES string of the molecule is C=N/C(=C(\N=CC)c1ccc2ccccc2c1)c1ccc2c(c1)c1sc3cccc4c5ccccc5c5ccccc5n2c1c34. The molecule has 212 valence electrons. The van der Waals surface area contributed by atoms with Gasteiger partial charge in [-0.3, -0.25) is 9.98 Å². The molecule has 0 unspecified atom stereocenters. The molecule has 0 aliphatic rings. The molecular weight excluding hydrogens is 567 g/mol. The van der Waals surface area contributed by atoms with Crippen LogP contribution >= 0.6 is 11.3 Å². The molecular formula is C41H27N3S. The molecule has 0 aliphatic heterocycles. The maximum absolute atomic E-state index is 4.85. The quantitative estimate of drug-likeness (QED) is 0.143. The molecule has 0 aliphatic carbocycles. The van der Waals surface area contributed by atoms with Crippen LogP contribution in [0, 0.1) is 0 Å². The predicted molar refractivity (Wildman–Crippen MR) is 197 cm³/mol. The van der Waals surface area contributed by atoms with E-state index in [0.29, 0.717) is 0 Å². The van der Waals surface area contributed by atoms with E-state index in [1.807, 2.05) is 24.5 Å². The molecule has 4 heteroatoms. The fraction of sp³-hybridized carbons (Fsp3) is 0.0244. The second-order valence-electron chi connectivity index (χ2n) is 11.4. The Morgan fingerprint density at radius 2 is 1.29 bits per heavy atom. The van der Waals surface area contributed by atoms with E-state index in [1.54, 1.807) is 0 Å². The van der Waals surface area contributed by atoms with Gasteiger partial charge in [0.2, 0.25) is 0 Å². The Bertz CT molecular complexity index is 2740. The Hall–Kier alpha value is -5.58. The number of aromatic nitrogens is 1. The highest BCUT2D eigenvalue weighted by molar-refractivity contribution is 7.27. The molecule has 9 aromatic rings. The molecule has 0 bridgehead atoms. The van der Waals surface area contributed by atoms with Gasteiger partial charge < -0.3 is 4.40 Å². The van der Waals surface area contributed by atoms with Crippen molar-refractivity contribution in [3.8, 4) is 0 Å². The van der Waals surface area contributed by atoms with Crippen molar-refractivity contribution < 1.29 is 0 Å². The molecule has 0 fully saturated rings. The third kappa shape index (κ3) is 3.76. The van der Waals surface area contributed by atoms with Gasteiger partial charge in [-0.15, -0.1) is 11.3 Å². The zero-order valence-electron chi connectivity index (χ0n) is 24.7. The van der Waals surface area contributed by atoms with Crippen LogP contribution in [0.4, 0.5) is 0 Å². The summed E-state index contributed by atoms with van der Waals surface area (Å²) in [5.41, 5.74) is 7.22. The van der Waals surface area contributed by atoms with E-state index in [9.17, 15) is 0 Å². The van der Waals surface area contributed by atoms with Crippen LogP contribution in [0.2, 0.25) is 0 Å². The van der Waals surface area contributed by atoms with Gasteiger partial charge in [0, 0.05) is 38.2 Å². The number of thiophene rings is 1. The lowest BCUT2D eigenvalue weighted by atomic mass is 10.0. The van der Waals surface area contributed by atoms with Gasteiger partial charge in [0.05, 0.1) is 32.6 Å². The van der Waals surface area contributed by atoms with Gasteiger partial charge in [-0.05, 0) is 70.9 Å². The van der Waals surface area contributed by atoms with E-state index in [4.69, 9.17) is 4.99 Å². The van der Waals surface area contributed by atoms with Gasteiger partial charge in [-0.25, -0.2) is 0 Å². The van der Waals surface area contributed by atoms with E-state index in [1.165, 1.54) is 69.0 Å². The molecule has 0 saturated carbocycles. The molecule has 3 nitrogen and oxygen atoms in total. The Balaban J connectivity index is 1.42. The Morgan fingerprint density at radius 3 is 2.11 bits per heavy atom. The number of para-hydroxylation sites is 1. The molecule has 0 radical (unpaired) electrons. The minimum atomic E-state index is 0.769. The first-order valence-corrected chi connectivity index (χ1v) is 15.9. The first-order chi connectivity index (χ1) is 22.2. The van der Waals surface area contributed by atoms with Crippen LogP contribution in [-0.4, -0.2) is 17.3 Å². The topological polar surface area (TPSA) is 29.1 Å². The highest BCUT2D eigenvalue weighted by Crippen LogP contribution is 2.46. The van der Waals surface area contributed by atoms with Crippen LogP contribution in [-0.2, 0) is 0 Å². The highest BCUT2D eigenvalue weighted by atomic mass is 32.1. The lowest BCUT2D eigenvalue weighted by molar-refractivity contribution is 1.35. The van der Waals surface area contributed by atoms with Crippen molar-refractivity contribution in [2.75, 3.05) is 0 Å². The average molecular weight is 594 g/mol. The normalized spacial score (nSPS) is 12.9. The van der Waals surface area contributed by atoms with Gasteiger partial charge in [0.15, 0.2) is 0 Å². The Morgan fingerprint density at radius 1 is 0.622 bits per heavy atom. The summed E-state index contributed by atoms with van der Waals surface area (Å²) in [6.07, 6.45) is 1.83. The fourth-order valence-electron chi connectivity index (χ4n) is 7.07. The van der Waals surface area contributed by atoms with Crippen molar-refractivity contribution in [1.82, 2.24) is 4.40 Å². The summed E-state index contributed by atoms with van der Waals surface area (Å²) >= 11 is 1.87. The largest absolute Gasteiger partial charge is 0.307 e. The predicted octanol–water partition coefficient (Wildman–Crippen LogP) is 11.5. The molecule has 45 heavy (non-hydrogen) atoms. The smallest absolute Gasteiger partial charge is 0.0960 e. The number of hydrogen-bond acceptors (Lipinski definition) is 3. The van der Waals surface area contributed by atoms with Crippen molar-refractivity contribution in [3.63, 3.8) is 0 Å². The zero-order valence-corrected chi connectivity index (χ0v) is 25.5. The van der Waals surface area contributed by atoms with E-state index in [-0.39, 0.29) is 0 Å². The standard InChI is InChI=1S/C41H27N3S/c1-3-43-39(27-20-19-25-11-4-5-12-26(25)23-27)38(42-2)28-21-22-35-33(24-28)41-40-37-32(16-10-18-36(37)45-41)30-14-7-6-13-29(30)31-15-8-9-17-34(31)44(35)40/h3-24H,2H2,1H3/b39-38-,43-3?. The average Bonchev–Trinajstić information content (AvgIpc) is 3.62. The molecule has 0 atom stereocenters. The maximum Gasteiger partial charge on any atom is 0.0960 e. The lowest BCUT2D eigenvalue weighted by Gasteiger charge is -2.11. The molecule has 0 saturated heterocycles. The van der Waals surface area contributed by atoms with Gasteiger partial charge in [0.25, 0.3) is 0 Å². The van der Waals surface area contributed by atoms with Crippen LogP contribution < -0.4 is 0 Å². The fourth-order valence-corrected chi connectivity index (χ4v) is 8.31. The summed E-state index contributed by atoms with van der Waals surface area (Å²) < 4.78 is 5.04. The molecule has 0 spiro atoms. The second kappa shape index (κ2) is 9.98. The monoisotopic (exact) mass is 593 g/mol. The zero-order chi connectivity index (χ0) is 30.1. The maximum atomic E-state index is 4.85. The summed E-state index contributed by atoms with van der Waals surface area (Å²) in [4.78, 5) is 9.46. The van der Waals surface area contributed by atoms with Crippen LogP contribution in [0.1, 0.15) is 18.1 Å². The van der Waals surface area contributed by atoms with E-state index < -0.39 is 0 Å². The van der Waals surface area contributed by atoms with E-state index in [0.717, 1.165) is 22.5 Å². The summed E-state index contributed by atoms with van der Waals surface area (Å²) in [7, 11) is 0. The van der Waals surface area contributed by atoms with Crippen molar-refractivity contribution in [1.29, 1.82) is 0 Å². The summed E-state index contributed by atoms with van der Waals surface area (Å²) in [6, 6.07) is 45.9. The summed E-state index contributed by atoms with van der Waals surface area (Å²) in [5.74, 6) is 0. The summed E-state index contributed by atoms with van der Waals surface area (Å²) in [5, 5.41) is 9.91.